The van der Waals surface area contributed by atoms with Crippen LogP contribution in [0.2, 0.25) is 0 Å². The zero-order valence-electron chi connectivity index (χ0n) is 7.72. The van der Waals surface area contributed by atoms with Gasteiger partial charge in [-0.1, -0.05) is 0 Å². The van der Waals surface area contributed by atoms with Gasteiger partial charge in [0.2, 0.25) is 0 Å². The standard InChI is InChI=1S/C8H20N2O/c1-8(2,3)10-6-7(11)4-5-9/h7,10-11H,4-6,9H2,1-3H3. The predicted molar refractivity (Wildman–Crippen MR) is 47.4 cm³/mol. The summed E-state index contributed by atoms with van der Waals surface area (Å²) in [5, 5.41) is 12.5. The maximum Gasteiger partial charge on any atom is 0.0676 e. The SMILES string of the molecule is CC(C)(C)NCC(O)CCN. The Hall–Kier alpha value is -0.120. The van der Waals surface area contributed by atoms with Gasteiger partial charge >= 0.3 is 0 Å². The molecule has 1 atom stereocenters. The van der Waals surface area contributed by atoms with Gasteiger partial charge in [-0.2, -0.15) is 0 Å². The summed E-state index contributed by atoms with van der Waals surface area (Å²) in [6.07, 6.45) is 0.363. The van der Waals surface area contributed by atoms with Crippen LogP contribution in [0.5, 0.6) is 0 Å². The van der Waals surface area contributed by atoms with Crippen LogP contribution >= 0.6 is 0 Å². The van der Waals surface area contributed by atoms with Crippen LogP contribution in [0.1, 0.15) is 27.2 Å². The molecular formula is C8H20N2O. The van der Waals surface area contributed by atoms with Gasteiger partial charge in [0.1, 0.15) is 0 Å². The van der Waals surface area contributed by atoms with Crippen molar-refractivity contribution in [2.24, 2.45) is 5.73 Å². The Labute approximate surface area is 69.0 Å². The molecule has 0 saturated carbocycles. The predicted octanol–water partition coefficient (Wildman–Crippen LogP) is 0.0842. The first kappa shape index (κ1) is 10.9. The molecule has 68 valence electrons. The molecule has 0 saturated heterocycles. The fourth-order valence-electron chi connectivity index (χ4n) is 0.718. The Morgan fingerprint density at radius 3 is 2.36 bits per heavy atom. The third kappa shape index (κ3) is 7.78. The normalized spacial score (nSPS) is 15.0. The van der Waals surface area contributed by atoms with Crippen molar-refractivity contribution in [1.29, 1.82) is 0 Å². The van der Waals surface area contributed by atoms with Crippen molar-refractivity contribution in [3.8, 4) is 0 Å². The molecule has 0 rings (SSSR count). The lowest BCUT2D eigenvalue weighted by atomic mass is 10.1. The first-order chi connectivity index (χ1) is 4.95. The molecule has 0 aromatic carbocycles. The highest BCUT2D eigenvalue weighted by Crippen LogP contribution is 1.98. The summed E-state index contributed by atoms with van der Waals surface area (Å²) in [7, 11) is 0. The van der Waals surface area contributed by atoms with Crippen LogP contribution in [-0.2, 0) is 0 Å². The molecule has 0 bridgehead atoms. The number of aliphatic hydroxyl groups is 1. The molecule has 0 aliphatic heterocycles. The molecule has 11 heavy (non-hydrogen) atoms. The van der Waals surface area contributed by atoms with Crippen molar-refractivity contribution in [1.82, 2.24) is 5.32 Å². The summed E-state index contributed by atoms with van der Waals surface area (Å²) in [4.78, 5) is 0. The van der Waals surface area contributed by atoms with E-state index in [1.165, 1.54) is 0 Å². The van der Waals surface area contributed by atoms with Crippen molar-refractivity contribution >= 4 is 0 Å². The van der Waals surface area contributed by atoms with E-state index < -0.39 is 0 Å². The number of hydrogen-bond donors (Lipinski definition) is 3. The summed E-state index contributed by atoms with van der Waals surface area (Å²) in [5.74, 6) is 0. The number of nitrogens with one attached hydrogen (secondary N) is 1. The van der Waals surface area contributed by atoms with Crippen molar-refractivity contribution in [3.63, 3.8) is 0 Å². The number of hydrogen-bond acceptors (Lipinski definition) is 3. The van der Waals surface area contributed by atoms with Gasteiger partial charge in [0.15, 0.2) is 0 Å². The second-order valence-corrected chi connectivity index (χ2v) is 3.86. The third-order valence-electron chi connectivity index (χ3n) is 1.37. The van der Waals surface area contributed by atoms with Crippen molar-refractivity contribution < 1.29 is 5.11 Å². The van der Waals surface area contributed by atoms with Gasteiger partial charge in [-0.3, -0.25) is 0 Å². The van der Waals surface area contributed by atoms with Gasteiger partial charge in [0, 0.05) is 12.1 Å². The van der Waals surface area contributed by atoms with Gasteiger partial charge in [-0.05, 0) is 33.7 Å². The minimum Gasteiger partial charge on any atom is -0.392 e. The minimum absolute atomic E-state index is 0.0789. The van der Waals surface area contributed by atoms with Crippen LogP contribution < -0.4 is 11.1 Å². The summed E-state index contributed by atoms with van der Waals surface area (Å²) in [6.45, 7) is 7.39. The quantitative estimate of drug-likeness (QED) is 0.546. The van der Waals surface area contributed by atoms with Crippen molar-refractivity contribution in [2.45, 2.75) is 38.8 Å². The summed E-state index contributed by atoms with van der Waals surface area (Å²) in [5.41, 5.74) is 5.36. The zero-order chi connectivity index (χ0) is 8.91. The lowest BCUT2D eigenvalue weighted by molar-refractivity contribution is 0.154. The molecule has 0 heterocycles. The molecule has 0 aromatic rings. The Kier molecular flexibility index (Phi) is 4.65. The van der Waals surface area contributed by atoms with E-state index in [0.29, 0.717) is 19.5 Å². The van der Waals surface area contributed by atoms with Gasteiger partial charge in [-0.25, -0.2) is 0 Å². The van der Waals surface area contributed by atoms with E-state index in [-0.39, 0.29) is 11.6 Å². The van der Waals surface area contributed by atoms with Gasteiger partial charge in [-0.15, -0.1) is 0 Å². The molecule has 0 aliphatic carbocycles. The molecular weight excluding hydrogens is 140 g/mol. The topological polar surface area (TPSA) is 58.3 Å². The van der Waals surface area contributed by atoms with Crippen LogP contribution in [0.3, 0.4) is 0 Å². The van der Waals surface area contributed by atoms with E-state index in [1.54, 1.807) is 0 Å². The van der Waals surface area contributed by atoms with Crippen LogP contribution in [0, 0.1) is 0 Å². The zero-order valence-corrected chi connectivity index (χ0v) is 7.72. The molecule has 0 fully saturated rings. The maximum absolute atomic E-state index is 9.27. The molecule has 0 aromatic heterocycles. The van der Waals surface area contributed by atoms with E-state index in [9.17, 15) is 5.11 Å². The Balaban J connectivity index is 3.38. The number of aliphatic hydroxyl groups excluding tert-OH is 1. The lowest BCUT2D eigenvalue weighted by Gasteiger charge is -2.22. The fourth-order valence-corrected chi connectivity index (χ4v) is 0.718. The summed E-state index contributed by atoms with van der Waals surface area (Å²) < 4.78 is 0. The lowest BCUT2D eigenvalue weighted by Crippen LogP contribution is -2.41. The monoisotopic (exact) mass is 160 g/mol. The highest BCUT2D eigenvalue weighted by Gasteiger charge is 2.10. The molecule has 3 heteroatoms. The average molecular weight is 160 g/mol. The van der Waals surface area contributed by atoms with E-state index in [0.717, 1.165) is 0 Å². The van der Waals surface area contributed by atoms with Crippen molar-refractivity contribution in [3.05, 3.63) is 0 Å². The van der Waals surface area contributed by atoms with Crippen LogP contribution in [0.25, 0.3) is 0 Å². The molecule has 0 spiro atoms. The van der Waals surface area contributed by atoms with Gasteiger partial charge in [0.05, 0.1) is 6.10 Å². The first-order valence-corrected chi connectivity index (χ1v) is 4.09. The molecule has 4 N–H and O–H groups in total. The van der Waals surface area contributed by atoms with Crippen LogP contribution in [-0.4, -0.2) is 29.8 Å². The smallest absolute Gasteiger partial charge is 0.0676 e. The second-order valence-electron chi connectivity index (χ2n) is 3.86. The van der Waals surface area contributed by atoms with Crippen LogP contribution in [0.4, 0.5) is 0 Å². The number of rotatable bonds is 4. The van der Waals surface area contributed by atoms with E-state index >= 15 is 0 Å². The summed E-state index contributed by atoms with van der Waals surface area (Å²) in [6, 6.07) is 0. The highest BCUT2D eigenvalue weighted by molar-refractivity contribution is 4.72. The Morgan fingerprint density at radius 2 is 2.00 bits per heavy atom. The van der Waals surface area contributed by atoms with Gasteiger partial charge in [0.25, 0.3) is 0 Å². The Bertz CT molecular complexity index is 98.8. The molecule has 0 aliphatic rings. The fraction of sp³-hybridized carbons (Fsp3) is 1.00. The second kappa shape index (κ2) is 4.70. The molecule has 0 radical (unpaired) electrons. The van der Waals surface area contributed by atoms with Crippen molar-refractivity contribution in [2.75, 3.05) is 13.1 Å². The maximum atomic E-state index is 9.27. The molecule has 3 nitrogen and oxygen atoms in total. The third-order valence-corrected chi connectivity index (χ3v) is 1.37. The van der Waals surface area contributed by atoms with E-state index in [1.807, 2.05) is 0 Å². The van der Waals surface area contributed by atoms with E-state index in [2.05, 4.69) is 26.1 Å². The van der Waals surface area contributed by atoms with E-state index in [4.69, 9.17) is 5.73 Å². The average Bonchev–Trinajstić information content (AvgIpc) is 1.83. The number of β-amino-alcohol motifs (C(OH)–C–C–N with tert-alkyl or cyclic N) is 1. The molecule has 0 amide bonds. The number of nitrogens with two attached hydrogens (primary N) is 1. The minimum atomic E-state index is -0.306. The largest absolute Gasteiger partial charge is 0.392 e. The highest BCUT2D eigenvalue weighted by atomic mass is 16.3. The first-order valence-electron chi connectivity index (χ1n) is 4.09. The van der Waals surface area contributed by atoms with Crippen LogP contribution in [0.15, 0.2) is 0 Å². The summed E-state index contributed by atoms with van der Waals surface area (Å²) >= 11 is 0. The van der Waals surface area contributed by atoms with Gasteiger partial charge < -0.3 is 16.2 Å². The Morgan fingerprint density at radius 1 is 1.45 bits per heavy atom. The molecule has 1 unspecified atom stereocenters.